The SMILES string of the molecule is C=CCC(NC(=O)CCc1ccc(N(C)C)cc1)C(=O)O. The van der Waals surface area contributed by atoms with Crippen molar-refractivity contribution < 1.29 is 14.7 Å². The Morgan fingerprint density at radius 2 is 1.95 bits per heavy atom. The first-order valence-corrected chi connectivity index (χ1v) is 6.83. The third kappa shape index (κ3) is 5.69. The van der Waals surface area contributed by atoms with Crippen LogP contribution in [0.1, 0.15) is 18.4 Å². The summed E-state index contributed by atoms with van der Waals surface area (Å²) in [4.78, 5) is 24.7. The highest BCUT2D eigenvalue weighted by Gasteiger charge is 2.17. The van der Waals surface area contributed by atoms with Gasteiger partial charge >= 0.3 is 5.97 Å². The Kier molecular flexibility index (Phi) is 6.46. The molecule has 2 N–H and O–H groups in total. The molecule has 0 saturated carbocycles. The summed E-state index contributed by atoms with van der Waals surface area (Å²) in [5, 5.41) is 11.5. The lowest BCUT2D eigenvalue weighted by Crippen LogP contribution is -2.40. The number of aliphatic carboxylic acids is 1. The summed E-state index contributed by atoms with van der Waals surface area (Å²) in [6, 6.07) is 7.03. The van der Waals surface area contributed by atoms with Gasteiger partial charge in [-0.15, -0.1) is 6.58 Å². The number of carboxylic acids is 1. The largest absolute Gasteiger partial charge is 0.480 e. The topological polar surface area (TPSA) is 69.6 Å². The second-order valence-corrected chi connectivity index (χ2v) is 5.04. The third-order valence-corrected chi connectivity index (χ3v) is 3.13. The van der Waals surface area contributed by atoms with Gasteiger partial charge in [0.1, 0.15) is 6.04 Å². The second-order valence-electron chi connectivity index (χ2n) is 5.04. The minimum atomic E-state index is -1.04. The van der Waals surface area contributed by atoms with Crippen LogP contribution in [0, 0.1) is 0 Å². The number of aryl methyl sites for hydroxylation is 1. The molecule has 0 radical (unpaired) electrons. The van der Waals surface area contributed by atoms with Crippen LogP contribution in [0.25, 0.3) is 0 Å². The summed E-state index contributed by atoms with van der Waals surface area (Å²) in [6.07, 6.45) is 2.56. The molecule has 114 valence electrons. The molecule has 0 heterocycles. The van der Waals surface area contributed by atoms with Gasteiger partial charge in [0, 0.05) is 26.2 Å². The van der Waals surface area contributed by atoms with Crippen molar-refractivity contribution in [3.05, 3.63) is 42.5 Å². The monoisotopic (exact) mass is 290 g/mol. The fraction of sp³-hybridized carbons (Fsp3) is 0.375. The number of carbonyl (C=O) groups is 2. The van der Waals surface area contributed by atoms with Crippen molar-refractivity contribution in [2.24, 2.45) is 0 Å². The zero-order valence-corrected chi connectivity index (χ0v) is 12.5. The van der Waals surface area contributed by atoms with Crippen LogP contribution in [0.4, 0.5) is 5.69 Å². The van der Waals surface area contributed by atoms with Gasteiger partial charge in [-0.1, -0.05) is 18.2 Å². The number of nitrogens with zero attached hydrogens (tertiary/aromatic N) is 1. The van der Waals surface area contributed by atoms with E-state index in [0.29, 0.717) is 6.42 Å². The van der Waals surface area contributed by atoms with Gasteiger partial charge in [0.15, 0.2) is 0 Å². The summed E-state index contributed by atoms with van der Waals surface area (Å²) in [5.41, 5.74) is 2.14. The summed E-state index contributed by atoms with van der Waals surface area (Å²) < 4.78 is 0. The van der Waals surface area contributed by atoms with Crippen molar-refractivity contribution in [3.8, 4) is 0 Å². The van der Waals surface area contributed by atoms with Crippen LogP contribution in [0.2, 0.25) is 0 Å². The lowest BCUT2D eigenvalue weighted by Gasteiger charge is -2.14. The highest BCUT2D eigenvalue weighted by molar-refractivity contribution is 5.83. The second kappa shape index (κ2) is 8.09. The highest BCUT2D eigenvalue weighted by atomic mass is 16.4. The number of hydrogen-bond donors (Lipinski definition) is 2. The van der Waals surface area contributed by atoms with Crippen LogP contribution in [0.15, 0.2) is 36.9 Å². The van der Waals surface area contributed by atoms with Gasteiger partial charge in [0.25, 0.3) is 0 Å². The van der Waals surface area contributed by atoms with Gasteiger partial charge in [0.2, 0.25) is 5.91 Å². The maximum atomic E-state index is 11.8. The van der Waals surface area contributed by atoms with Crippen LogP contribution in [-0.2, 0) is 16.0 Å². The number of hydrogen-bond acceptors (Lipinski definition) is 3. The maximum absolute atomic E-state index is 11.8. The van der Waals surface area contributed by atoms with E-state index in [4.69, 9.17) is 5.11 Å². The number of carboxylic acid groups (broad SMARTS) is 1. The first-order chi connectivity index (χ1) is 9.93. The molecule has 21 heavy (non-hydrogen) atoms. The molecule has 0 aliphatic carbocycles. The molecule has 1 atom stereocenters. The Morgan fingerprint density at radius 3 is 2.43 bits per heavy atom. The molecule has 5 nitrogen and oxygen atoms in total. The number of anilines is 1. The van der Waals surface area contributed by atoms with E-state index in [9.17, 15) is 9.59 Å². The van der Waals surface area contributed by atoms with E-state index < -0.39 is 12.0 Å². The van der Waals surface area contributed by atoms with E-state index in [1.165, 1.54) is 6.08 Å². The summed E-state index contributed by atoms with van der Waals surface area (Å²) >= 11 is 0. The van der Waals surface area contributed by atoms with Crippen LogP contribution >= 0.6 is 0 Å². The first-order valence-electron chi connectivity index (χ1n) is 6.83. The Labute approximate surface area is 125 Å². The van der Waals surface area contributed by atoms with E-state index in [0.717, 1.165) is 11.3 Å². The molecule has 1 rings (SSSR count). The molecular weight excluding hydrogens is 268 g/mol. The maximum Gasteiger partial charge on any atom is 0.326 e. The summed E-state index contributed by atoms with van der Waals surface area (Å²) in [5.74, 6) is -1.31. The predicted octanol–water partition coefficient (Wildman–Crippen LogP) is 1.83. The summed E-state index contributed by atoms with van der Waals surface area (Å²) in [7, 11) is 3.93. The fourth-order valence-electron chi connectivity index (χ4n) is 1.87. The Hall–Kier alpha value is -2.30. The fourth-order valence-corrected chi connectivity index (χ4v) is 1.87. The smallest absolute Gasteiger partial charge is 0.326 e. The average Bonchev–Trinajstić information content (AvgIpc) is 2.45. The van der Waals surface area contributed by atoms with Gasteiger partial charge < -0.3 is 15.3 Å². The van der Waals surface area contributed by atoms with E-state index in [1.807, 2.05) is 43.3 Å². The predicted molar refractivity (Wildman–Crippen MR) is 83.5 cm³/mol. The molecule has 5 heteroatoms. The van der Waals surface area contributed by atoms with Crippen LogP contribution in [-0.4, -0.2) is 37.1 Å². The normalized spacial score (nSPS) is 11.5. The van der Waals surface area contributed by atoms with Crippen molar-refractivity contribution >= 4 is 17.6 Å². The van der Waals surface area contributed by atoms with E-state index in [1.54, 1.807) is 0 Å². The molecule has 1 amide bonds. The molecule has 0 saturated heterocycles. The third-order valence-electron chi connectivity index (χ3n) is 3.13. The van der Waals surface area contributed by atoms with Crippen LogP contribution in [0.3, 0.4) is 0 Å². The van der Waals surface area contributed by atoms with E-state index >= 15 is 0 Å². The minimum absolute atomic E-state index is 0.221. The molecule has 0 aliphatic heterocycles. The quantitative estimate of drug-likeness (QED) is 0.717. The molecule has 0 aliphatic rings. The van der Waals surface area contributed by atoms with E-state index in [2.05, 4.69) is 11.9 Å². The van der Waals surface area contributed by atoms with Crippen molar-refractivity contribution in [1.82, 2.24) is 5.32 Å². The van der Waals surface area contributed by atoms with Crippen LogP contribution < -0.4 is 10.2 Å². The van der Waals surface area contributed by atoms with Gasteiger partial charge in [-0.25, -0.2) is 4.79 Å². The minimum Gasteiger partial charge on any atom is -0.480 e. The zero-order chi connectivity index (χ0) is 15.8. The number of nitrogens with one attached hydrogen (secondary N) is 1. The first kappa shape index (κ1) is 16.8. The zero-order valence-electron chi connectivity index (χ0n) is 12.5. The number of rotatable bonds is 8. The Balaban J connectivity index is 2.48. The number of carbonyl (C=O) groups excluding carboxylic acids is 1. The molecule has 0 bridgehead atoms. The van der Waals surface area contributed by atoms with Crippen molar-refractivity contribution in [2.45, 2.75) is 25.3 Å². The molecule has 0 aromatic heterocycles. The average molecular weight is 290 g/mol. The van der Waals surface area contributed by atoms with Crippen molar-refractivity contribution in [3.63, 3.8) is 0 Å². The molecule has 1 unspecified atom stereocenters. The summed E-state index contributed by atoms with van der Waals surface area (Å²) in [6.45, 7) is 3.49. The molecular formula is C16H22N2O3. The Bertz CT molecular complexity index is 495. The highest BCUT2D eigenvalue weighted by Crippen LogP contribution is 2.13. The van der Waals surface area contributed by atoms with Gasteiger partial charge in [-0.2, -0.15) is 0 Å². The molecule has 0 fully saturated rings. The molecule has 1 aromatic rings. The standard InChI is InChI=1S/C16H22N2O3/c1-4-5-14(16(20)21)17-15(19)11-8-12-6-9-13(10-7-12)18(2)3/h4,6-7,9-10,14H,1,5,8,11H2,2-3H3,(H,17,19)(H,20,21). The van der Waals surface area contributed by atoms with Gasteiger partial charge in [-0.3, -0.25) is 4.79 Å². The number of amides is 1. The van der Waals surface area contributed by atoms with Gasteiger partial charge in [-0.05, 0) is 30.5 Å². The van der Waals surface area contributed by atoms with Crippen molar-refractivity contribution in [1.29, 1.82) is 0 Å². The lowest BCUT2D eigenvalue weighted by molar-refractivity contribution is -0.141. The molecule has 1 aromatic carbocycles. The Morgan fingerprint density at radius 1 is 1.33 bits per heavy atom. The molecule has 0 spiro atoms. The van der Waals surface area contributed by atoms with Gasteiger partial charge in [0.05, 0.1) is 0 Å². The van der Waals surface area contributed by atoms with Crippen LogP contribution in [0.5, 0.6) is 0 Å². The van der Waals surface area contributed by atoms with E-state index in [-0.39, 0.29) is 18.7 Å². The number of benzene rings is 1. The lowest BCUT2D eigenvalue weighted by atomic mass is 10.1. The van der Waals surface area contributed by atoms with Crippen molar-refractivity contribution in [2.75, 3.05) is 19.0 Å².